The molecule has 2 aliphatic heterocycles. The molecule has 1 spiro atoms. The van der Waals surface area contributed by atoms with E-state index in [0.717, 1.165) is 24.8 Å². The highest BCUT2D eigenvalue weighted by atomic mass is 32.1. The molecule has 3 aliphatic rings. The van der Waals surface area contributed by atoms with Gasteiger partial charge in [0.2, 0.25) is 0 Å². The minimum atomic E-state index is -0.421. The molecule has 2 saturated heterocycles. The molecule has 1 atom stereocenters. The summed E-state index contributed by atoms with van der Waals surface area (Å²) in [6.45, 7) is 1.92. The number of carbonyl (C=O) groups is 2. The number of hydrogen-bond acceptors (Lipinski definition) is 5. The largest absolute Gasteiger partial charge is 0.460 e. The third-order valence-corrected chi connectivity index (χ3v) is 7.69. The van der Waals surface area contributed by atoms with Gasteiger partial charge in [0.15, 0.2) is 0 Å². The van der Waals surface area contributed by atoms with Gasteiger partial charge in [-0.05, 0) is 44.1 Å². The van der Waals surface area contributed by atoms with Crippen LogP contribution in [-0.2, 0) is 28.9 Å². The second-order valence-corrected chi connectivity index (χ2v) is 9.29. The molecular formula is C21H25N3O3S. The molecule has 1 aliphatic carbocycles. The zero-order valence-electron chi connectivity index (χ0n) is 15.9. The van der Waals surface area contributed by atoms with Crippen LogP contribution in [0, 0.1) is 5.41 Å². The van der Waals surface area contributed by atoms with Gasteiger partial charge in [0, 0.05) is 42.2 Å². The SMILES string of the molecule is O=C(c1csc2c1CCCC2)N1CCC2(CC1)CC(Cn1ccnc1)OC2=O. The molecule has 1 amide bonds. The monoisotopic (exact) mass is 399 g/mol. The quantitative estimate of drug-likeness (QED) is 0.744. The highest BCUT2D eigenvalue weighted by molar-refractivity contribution is 7.10. The van der Waals surface area contributed by atoms with E-state index in [9.17, 15) is 9.59 Å². The van der Waals surface area contributed by atoms with E-state index in [1.165, 1.54) is 23.3 Å². The van der Waals surface area contributed by atoms with Gasteiger partial charge in [-0.2, -0.15) is 0 Å². The number of likely N-dealkylation sites (tertiary alicyclic amines) is 1. The Balaban J connectivity index is 1.24. The molecular weight excluding hydrogens is 374 g/mol. The van der Waals surface area contributed by atoms with Gasteiger partial charge >= 0.3 is 5.97 Å². The van der Waals surface area contributed by atoms with E-state index in [1.807, 2.05) is 21.0 Å². The van der Waals surface area contributed by atoms with Gasteiger partial charge in [-0.15, -0.1) is 11.3 Å². The zero-order valence-corrected chi connectivity index (χ0v) is 16.7. The number of aromatic nitrogens is 2. The first kappa shape index (κ1) is 17.9. The van der Waals surface area contributed by atoms with E-state index in [2.05, 4.69) is 4.98 Å². The maximum Gasteiger partial charge on any atom is 0.312 e. The Labute approximate surface area is 168 Å². The van der Waals surface area contributed by atoms with E-state index in [1.54, 1.807) is 23.9 Å². The normalized spacial score (nSPS) is 23.6. The summed E-state index contributed by atoms with van der Waals surface area (Å²) in [5, 5.41) is 2.05. The second kappa shape index (κ2) is 7.03. The first-order chi connectivity index (χ1) is 13.6. The van der Waals surface area contributed by atoms with E-state index in [4.69, 9.17) is 4.74 Å². The van der Waals surface area contributed by atoms with Crippen molar-refractivity contribution in [3.05, 3.63) is 40.1 Å². The van der Waals surface area contributed by atoms with Crippen LogP contribution < -0.4 is 0 Å². The summed E-state index contributed by atoms with van der Waals surface area (Å²) in [5.41, 5.74) is 1.76. The number of imidazole rings is 1. The third-order valence-electron chi connectivity index (χ3n) is 6.60. The fraction of sp³-hybridized carbons (Fsp3) is 0.571. The molecule has 0 saturated carbocycles. The van der Waals surface area contributed by atoms with Crippen LogP contribution in [0.5, 0.6) is 0 Å². The minimum Gasteiger partial charge on any atom is -0.460 e. The van der Waals surface area contributed by atoms with Crippen molar-refractivity contribution in [3.63, 3.8) is 0 Å². The van der Waals surface area contributed by atoms with Gasteiger partial charge in [0.05, 0.1) is 23.9 Å². The molecule has 28 heavy (non-hydrogen) atoms. The summed E-state index contributed by atoms with van der Waals surface area (Å²) in [5.74, 6) is 0.0632. The number of piperidine rings is 1. The summed E-state index contributed by atoms with van der Waals surface area (Å²) in [6, 6.07) is 0. The molecule has 2 aromatic heterocycles. The first-order valence-electron chi connectivity index (χ1n) is 10.2. The van der Waals surface area contributed by atoms with Crippen molar-refractivity contribution in [1.82, 2.24) is 14.5 Å². The molecule has 5 rings (SSSR count). The number of rotatable bonds is 3. The summed E-state index contributed by atoms with van der Waals surface area (Å²) in [7, 11) is 0. The van der Waals surface area contributed by atoms with Crippen molar-refractivity contribution in [2.24, 2.45) is 5.41 Å². The van der Waals surface area contributed by atoms with Crippen LogP contribution in [0.3, 0.4) is 0 Å². The Morgan fingerprint density at radius 2 is 2.11 bits per heavy atom. The van der Waals surface area contributed by atoms with Gasteiger partial charge < -0.3 is 14.2 Å². The fourth-order valence-electron chi connectivity index (χ4n) is 4.96. The molecule has 148 valence electrons. The van der Waals surface area contributed by atoms with Crippen molar-refractivity contribution in [1.29, 1.82) is 0 Å². The number of carbonyl (C=O) groups excluding carboxylic acids is 2. The van der Waals surface area contributed by atoms with Gasteiger partial charge in [-0.1, -0.05) is 0 Å². The first-order valence-corrected chi connectivity index (χ1v) is 11.1. The molecule has 6 nitrogen and oxygen atoms in total. The average molecular weight is 400 g/mol. The molecule has 4 heterocycles. The van der Waals surface area contributed by atoms with Crippen molar-refractivity contribution < 1.29 is 14.3 Å². The van der Waals surface area contributed by atoms with Crippen LogP contribution in [0.25, 0.3) is 0 Å². The van der Waals surface area contributed by atoms with E-state index >= 15 is 0 Å². The predicted octanol–water partition coefficient (Wildman–Crippen LogP) is 3.06. The van der Waals surface area contributed by atoms with Crippen LogP contribution in [-0.4, -0.2) is 45.5 Å². The maximum atomic E-state index is 13.1. The minimum absolute atomic E-state index is 0.0855. The van der Waals surface area contributed by atoms with E-state index in [0.29, 0.717) is 32.5 Å². The summed E-state index contributed by atoms with van der Waals surface area (Å²) < 4.78 is 7.63. The van der Waals surface area contributed by atoms with Gasteiger partial charge in [-0.25, -0.2) is 4.98 Å². The summed E-state index contributed by atoms with van der Waals surface area (Å²) in [4.78, 5) is 33.1. The average Bonchev–Trinajstić information content (AvgIpc) is 3.43. The fourth-order valence-corrected chi connectivity index (χ4v) is 6.08. The lowest BCUT2D eigenvalue weighted by molar-refractivity contribution is -0.150. The number of hydrogen-bond donors (Lipinski definition) is 0. The van der Waals surface area contributed by atoms with E-state index < -0.39 is 5.41 Å². The van der Waals surface area contributed by atoms with Crippen LogP contribution in [0.4, 0.5) is 0 Å². The number of esters is 1. The maximum absolute atomic E-state index is 13.1. The van der Waals surface area contributed by atoms with Crippen molar-refractivity contribution in [3.8, 4) is 0 Å². The number of ether oxygens (including phenoxy) is 1. The summed E-state index contributed by atoms with van der Waals surface area (Å²) >= 11 is 1.74. The standard InChI is InChI=1S/C21H25N3O3S/c25-19(17-13-28-18-4-2-1-3-16(17)18)24-8-5-21(6-9-24)11-15(27-20(21)26)12-23-10-7-22-14-23/h7,10,13-15H,1-6,8-9,11-12H2. The number of aryl methyl sites for hydroxylation is 1. The number of amides is 1. The molecule has 0 aromatic carbocycles. The molecule has 7 heteroatoms. The molecule has 0 bridgehead atoms. The smallest absolute Gasteiger partial charge is 0.312 e. The number of thiophene rings is 1. The Morgan fingerprint density at radius 1 is 1.29 bits per heavy atom. The van der Waals surface area contributed by atoms with E-state index in [-0.39, 0.29) is 18.0 Å². The van der Waals surface area contributed by atoms with Crippen molar-refractivity contribution in [2.75, 3.05) is 13.1 Å². The number of fused-ring (bicyclic) bond motifs is 1. The number of cyclic esters (lactones) is 1. The predicted molar refractivity (Wildman–Crippen MR) is 105 cm³/mol. The second-order valence-electron chi connectivity index (χ2n) is 8.32. The van der Waals surface area contributed by atoms with Crippen LogP contribution in [0.15, 0.2) is 24.1 Å². The molecule has 2 fully saturated rings. The lowest BCUT2D eigenvalue weighted by Crippen LogP contribution is -2.45. The zero-order chi connectivity index (χ0) is 19.1. The molecule has 1 unspecified atom stereocenters. The lowest BCUT2D eigenvalue weighted by Gasteiger charge is -2.36. The van der Waals surface area contributed by atoms with Gasteiger partial charge in [0.25, 0.3) is 5.91 Å². The Hall–Kier alpha value is -2.15. The molecule has 2 aromatic rings. The molecule has 0 radical (unpaired) electrons. The van der Waals surface area contributed by atoms with Crippen molar-refractivity contribution in [2.45, 2.75) is 57.6 Å². The Morgan fingerprint density at radius 3 is 2.89 bits per heavy atom. The Kier molecular flexibility index (Phi) is 4.50. The highest BCUT2D eigenvalue weighted by Crippen LogP contribution is 2.44. The number of nitrogens with zero attached hydrogens (tertiary/aromatic N) is 3. The van der Waals surface area contributed by atoms with Gasteiger partial charge in [0.1, 0.15) is 6.10 Å². The Bertz CT molecular complexity index is 881. The highest BCUT2D eigenvalue weighted by Gasteiger charge is 2.51. The van der Waals surface area contributed by atoms with Gasteiger partial charge in [-0.3, -0.25) is 9.59 Å². The van der Waals surface area contributed by atoms with Crippen LogP contribution >= 0.6 is 11.3 Å². The van der Waals surface area contributed by atoms with Crippen LogP contribution in [0.1, 0.15) is 52.9 Å². The molecule has 0 N–H and O–H groups in total. The lowest BCUT2D eigenvalue weighted by atomic mass is 9.76. The van der Waals surface area contributed by atoms with Crippen LogP contribution in [0.2, 0.25) is 0 Å². The third kappa shape index (κ3) is 3.05. The van der Waals surface area contributed by atoms with Crippen molar-refractivity contribution >= 4 is 23.2 Å². The summed E-state index contributed by atoms with van der Waals surface area (Å²) in [6.07, 6.45) is 12.0. The topological polar surface area (TPSA) is 64.4 Å².